The topological polar surface area (TPSA) is 71.5 Å². The third-order valence-corrected chi connectivity index (χ3v) is 4.98. The molecule has 3 aromatic rings. The molecule has 1 aliphatic heterocycles. The maximum Gasteiger partial charge on any atom is 0.252 e. The van der Waals surface area contributed by atoms with Crippen molar-refractivity contribution in [2.24, 2.45) is 0 Å². The van der Waals surface area contributed by atoms with Crippen LogP contribution in [0.1, 0.15) is 24.9 Å². The normalized spacial score (nSPS) is 17.1. The number of para-hydroxylation sites is 1. The van der Waals surface area contributed by atoms with Crippen molar-refractivity contribution < 1.29 is 18.7 Å². The molecule has 30 heavy (non-hydrogen) atoms. The Hall–Kier alpha value is -3.74. The van der Waals surface area contributed by atoms with Crippen LogP contribution in [0.5, 0.6) is 11.5 Å². The summed E-state index contributed by atoms with van der Waals surface area (Å²) in [4.78, 5) is 30.8. The van der Waals surface area contributed by atoms with Gasteiger partial charge in [-0.15, -0.1) is 0 Å². The number of pyridine rings is 1. The molecule has 1 N–H and O–H groups in total. The van der Waals surface area contributed by atoms with E-state index < -0.39 is 17.9 Å². The second-order valence-corrected chi connectivity index (χ2v) is 7.03. The quantitative estimate of drug-likeness (QED) is 0.619. The Morgan fingerprint density at radius 1 is 1.13 bits per heavy atom. The monoisotopic (exact) mass is 405 g/mol. The van der Waals surface area contributed by atoms with Gasteiger partial charge in [-0.25, -0.2) is 4.39 Å². The first-order chi connectivity index (χ1) is 14.5. The number of likely N-dealkylation sites (tertiary alicyclic amines) is 1. The van der Waals surface area contributed by atoms with Crippen molar-refractivity contribution in [3.63, 3.8) is 0 Å². The van der Waals surface area contributed by atoms with Gasteiger partial charge < -0.3 is 10.1 Å². The number of benzene rings is 2. The van der Waals surface area contributed by atoms with Gasteiger partial charge in [-0.05, 0) is 42.8 Å². The van der Waals surface area contributed by atoms with Crippen LogP contribution in [0.4, 0.5) is 10.1 Å². The first-order valence-corrected chi connectivity index (χ1v) is 9.58. The van der Waals surface area contributed by atoms with Crippen LogP contribution in [0.15, 0.2) is 73.1 Å². The number of imide groups is 1. The smallest absolute Gasteiger partial charge is 0.252 e. The lowest BCUT2D eigenvalue weighted by Gasteiger charge is -2.23. The van der Waals surface area contributed by atoms with Crippen molar-refractivity contribution in [2.75, 3.05) is 5.32 Å². The van der Waals surface area contributed by atoms with Gasteiger partial charge in [-0.1, -0.05) is 24.3 Å². The molecule has 0 aliphatic carbocycles. The van der Waals surface area contributed by atoms with Crippen molar-refractivity contribution in [1.82, 2.24) is 9.88 Å². The summed E-state index contributed by atoms with van der Waals surface area (Å²) in [5.41, 5.74) is 1.39. The van der Waals surface area contributed by atoms with Gasteiger partial charge in [0.05, 0.1) is 12.5 Å². The largest absolute Gasteiger partial charge is 0.454 e. The molecule has 2 unspecified atom stereocenters. The highest BCUT2D eigenvalue weighted by Crippen LogP contribution is 2.30. The van der Waals surface area contributed by atoms with E-state index in [9.17, 15) is 14.0 Å². The molecule has 2 amide bonds. The number of amides is 2. The third-order valence-electron chi connectivity index (χ3n) is 4.98. The van der Waals surface area contributed by atoms with E-state index in [1.165, 1.54) is 17.0 Å². The molecular weight excluding hydrogens is 385 g/mol. The van der Waals surface area contributed by atoms with E-state index in [1.807, 2.05) is 6.07 Å². The Balaban J connectivity index is 1.48. The molecule has 7 heteroatoms. The van der Waals surface area contributed by atoms with Gasteiger partial charge in [0.15, 0.2) is 11.6 Å². The van der Waals surface area contributed by atoms with E-state index in [0.29, 0.717) is 11.4 Å². The molecule has 0 bridgehead atoms. The van der Waals surface area contributed by atoms with Gasteiger partial charge in [0.25, 0.3) is 5.91 Å². The highest BCUT2D eigenvalue weighted by molar-refractivity contribution is 6.07. The molecular formula is C23H20FN3O3. The molecule has 0 radical (unpaired) electrons. The van der Waals surface area contributed by atoms with Crippen LogP contribution in [-0.2, 0) is 9.59 Å². The maximum absolute atomic E-state index is 13.8. The van der Waals surface area contributed by atoms with Crippen LogP contribution in [-0.4, -0.2) is 27.7 Å². The molecule has 2 heterocycles. The molecule has 4 rings (SSSR count). The van der Waals surface area contributed by atoms with Gasteiger partial charge in [-0.2, -0.15) is 0 Å². The Bertz CT molecular complexity index is 1070. The van der Waals surface area contributed by atoms with Crippen molar-refractivity contribution >= 4 is 17.5 Å². The minimum Gasteiger partial charge on any atom is -0.454 e. The molecule has 0 spiro atoms. The molecule has 0 saturated carbocycles. The zero-order valence-electron chi connectivity index (χ0n) is 16.3. The lowest BCUT2D eigenvalue weighted by Crippen LogP contribution is -2.36. The third kappa shape index (κ3) is 4.00. The second kappa shape index (κ2) is 8.32. The van der Waals surface area contributed by atoms with Crippen molar-refractivity contribution in [1.29, 1.82) is 0 Å². The van der Waals surface area contributed by atoms with E-state index in [-0.39, 0.29) is 24.0 Å². The lowest BCUT2D eigenvalue weighted by atomic mass is 10.1. The predicted octanol–water partition coefficient (Wildman–Crippen LogP) is 4.31. The number of anilines is 1. The second-order valence-electron chi connectivity index (χ2n) is 7.03. The number of carbonyl (C=O) groups excluding carboxylic acids is 2. The fraction of sp³-hybridized carbons (Fsp3) is 0.174. The summed E-state index contributed by atoms with van der Waals surface area (Å²) >= 11 is 0. The Morgan fingerprint density at radius 3 is 2.73 bits per heavy atom. The van der Waals surface area contributed by atoms with Crippen molar-refractivity contribution in [3.8, 4) is 11.5 Å². The lowest BCUT2D eigenvalue weighted by molar-refractivity contribution is -0.141. The van der Waals surface area contributed by atoms with Gasteiger partial charge in [0, 0.05) is 24.1 Å². The Kier molecular flexibility index (Phi) is 5.43. The summed E-state index contributed by atoms with van der Waals surface area (Å²) in [6, 6.07) is 15.5. The van der Waals surface area contributed by atoms with Crippen LogP contribution in [0.25, 0.3) is 0 Å². The van der Waals surface area contributed by atoms with Crippen molar-refractivity contribution in [2.45, 2.75) is 25.4 Å². The number of halogens is 1. The van der Waals surface area contributed by atoms with Crippen molar-refractivity contribution in [3.05, 3.63) is 84.4 Å². The number of ether oxygens (including phenoxy) is 1. The fourth-order valence-electron chi connectivity index (χ4n) is 3.45. The number of hydrogen-bond acceptors (Lipinski definition) is 5. The van der Waals surface area contributed by atoms with Crippen LogP contribution in [0, 0.1) is 5.82 Å². The number of nitrogens with one attached hydrogen (secondary N) is 1. The van der Waals surface area contributed by atoms with Crippen LogP contribution < -0.4 is 10.1 Å². The maximum atomic E-state index is 13.8. The van der Waals surface area contributed by atoms with Crippen LogP contribution in [0.3, 0.4) is 0 Å². The van der Waals surface area contributed by atoms with Gasteiger partial charge in [0.2, 0.25) is 5.91 Å². The zero-order valence-corrected chi connectivity index (χ0v) is 16.3. The SMILES string of the molecule is CC(c1cccnc1)N1C(=O)CC(Nc2cccc(Oc3ccccc3F)c2)C1=O. The Morgan fingerprint density at radius 2 is 1.97 bits per heavy atom. The van der Waals surface area contributed by atoms with E-state index >= 15 is 0 Å². The molecule has 1 fully saturated rings. The van der Waals surface area contributed by atoms with E-state index in [1.54, 1.807) is 61.8 Å². The average Bonchev–Trinajstić information content (AvgIpc) is 3.03. The standard InChI is InChI=1S/C23H20FN3O3/c1-15(16-6-5-11-25-14-16)27-22(28)13-20(23(27)29)26-17-7-4-8-18(12-17)30-21-10-3-2-9-19(21)24/h2-12,14-15,20,26H,13H2,1H3. The van der Waals surface area contributed by atoms with Crippen LogP contribution in [0.2, 0.25) is 0 Å². The summed E-state index contributed by atoms with van der Waals surface area (Å²) in [6.07, 6.45) is 3.35. The predicted molar refractivity (Wildman–Crippen MR) is 109 cm³/mol. The van der Waals surface area contributed by atoms with Crippen LogP contribution >= 0.6 is 0 Å². The highest BCUT2D eigenvalue weighted by Gasteiger charge is 2.41. The average molecular weight is 405 g/mol. The first kappa shape index (κ1) is 19.6. The molecule has 152 valence electrons. The van der Waals surface area contributed by atoms with Gasteiger partial charge in [-0.3, -0.25) is 19.5 Å². The van der Waals surface area contributed by atoms with E-state index in [4.69, 9.17) is 4.74 Å². The minimum atomic E-state index is -0.680. The van der Waals surface area contributed by atoms with E-state index in [0.717, 1.165) is 5.56 Å². The number of carbonyl (C=O) groups is 2. The molecule has 6 nitrogen and oxygen atoms in total. The minimum absolute atomic E-state index is 0.0574. The summed E-state index contributed by atoms with van der Waals surface area (Å²) in [7, 11) is 0. The Labute approximate surface area is 173 Å². The highest BCUT2D eigenvalue weighted by atomic mass is 19.1. The van der Waals surface area contributed by atoms with Gasteiger partial charge >= 0.3 is 0 Å². The van der Waals surface area contributed by atoms with Gasteiger partial charge in [0.1, 0.15) is 11.8 Å². The summed E-state index contributed by atoms with van der Waals surface area (Å²) in [6.45, 7) is 1.80. The zero-order chi connectivity index (χ0) is 21.1. The first-order valence-electron chi connectivity index (χ1n) is 9.58. The number of nitrogens with zero attached hydrogens (tertiary/aromatic N) is 2. The molecule has 1 aliphatic rings. The number of hydrogen-bond donors (Lipinski definition) is 1. The molecule has 2 atom stereocenters. The fourth-order valence-corrected chi connectivity index (χ4v) is 3.45. The summed E-state index contributed by atoms with van der Waals surface area (Å²) in [5.74, 6) is -0.474. The molecule has 1 saturated heterocycles. The number of rotatable bonds is 6. The number of aromatic nitrogens is 1. The molecule has 1 aromatic heterocycles. The van der Waals surface area contributed by atoms with E-state index in [2.05, 4.69) is 10.3 Å². The summed E-state index contributed by atoms with van der Waals surface area (Å²) < 4.78 is 19.4. The summed E-state index contributed by atoms with van der Waals surface area (Å²) in [5, 5.41) is 3.10. The molecule has 2 aromatic carbocycles.